The molecule has 0 aromatic carbocycles. The molecule has 22 heavy (non-hydrogen) atoms. The van der Waals surface area contributed by atoms with E-state index in [1.807, 2.05) is 6.20 Å². The van der Waals surface area contributed by atoms with E-state index in [1.165, 1.54) is 0 Å². The van der Waals surface area contributed by atoms with Gasteiger partial charge in [0.05, 0.1) is 0 Å². The van der Waals surface area contributed by atoms with Gasteiger partial charge in [-0.15, -0.1) is 0 Å². The van der Waals surface area contributed by atoms with Crippen molar-refractivity contribution in [3.05, 3.63) is 23.9 Å². The van der Waals surface area contributed by atoms with E-state index in [4.69, 9.17) is 0 Å². The summed E-state index contributed by atoms with van der Waals surface area (Å²) in [5, 5.41) is 6.73. The molecule has 0 aliphatic carbocycles. The number of rotatable bonds is 7. The summed E-state index contributed by atoms with van der Waals surface area (Å²) in [4.78, 5) is 11.0. The van der Waals surface area contributed by atoms with Gasteiger partial charge in [0.2, 0.25) is 0 Å². The summed E-state index contributed by atoms with van der Waals surface area (Å²) in [5.41, 5.74) is 1.15. The summed E-state index contributed by atoms with van der Waals surface area (Å²) in [6.07, 6.45) is 1.93. The van der Waals surface area contributed by atoms with E-state index in [2.05, 4.69) is 72.3 Å². The van der Waals surface area contributed by atoms with Gasteiger partial charge in [0.25, 0.3) is 0 Å². The molecule has 5 heteroatoms. The molecule has 0 fully saturated rings. The maximum absolute atomic E-state index is 4.54. The van der Waals surface area contributed by atoms with Crippen LogP contribution in [0.1, 0.15) is 40.2 Å². The van der Waals surface area contributed by atoms with Gasteiger partial charge >= 0.3 is 0 Å². The Bertz CT molecular complexity index is 449. The van der Waals surface area contributed by atoms with Crippen molar-refractivity contribution in [1.82, 2.24) is 15.6 Å². The third-order valence-corrected chi connectivity index (χ3v) is 3.94. The van der Waals surface area contributed by atoms with Crippen LogP contribution in [0.3, 0.4) is 0 Å². The van der Waals surface area contributed by atoms with E-state index >= 15 is 0 Å². The molecule has 1 aromatic rings. The van der Waals surface area contributed by atoms with Crippen molar-refractivity contribution in [2.45, 2.75) is 47.2 Å². The Morgan fingerprint density at radius 1 is 1.23 bits per heavy atom. The van der Waals surface area contributed by atoms with Gasteiger partial charge in [-0.05, 0) is 38.3 Å². The third kappa shape index (κ3) is 5.54. The van der Waals surface area contributed by atoms with Crippen molar-refractivity contribution in [2.24, 2.45) is 10.9 Å². The van der Waals surface area contributed by atoms with Gasteiger partial charge in [0.1, 0.15) is 5.82 Å². The SMILES string of the molecule is CCN(CC)c1ccc(CNC(=NC)NC(C)C(C)C)cn1. The number of guanidine groups is 1. The van der Waals surface area contributed by atoms with Crippen LogP contribution in [-0.2, 0) is 6.54 Å². The van der Waals surface area contributed by atoms with Crippen LogP contribution in [-0.4, -0.2) is 37.1 Å². The minimum Gasteiger partial charge on any atom is -0.357 e. The van der Waals surface area contributed by atoms with Gasteiger partial charge in [0.15, 0.2) is 5.96 Å². The van der Waals surface area contributed by atoms with E-state index in [1.54, 1.807) is 7.05 Å². The Morgan fingerprint density at radius 3 is 2.36 bits per heavy atom. The highest BCUT2D eigenvalue weighted by atomic mass is 15.2. The van der Waals surface area contributed by atoms with Gasteiger partial charge < -0.3 is 15.5 Å². The molecule has 0 aliphatic rings. The van der Waals surface area contributed by atoms with Crippen molar-refractivity contribution in [1.29, 1.82) is 0 Å². The molecule has 1 atom stereocenters. The van der Waals surface area contributed by atoms with Gasteiger partial charge in [-0.25, -0.2) is 4.98 Å². The second-order valence-corrected chi connectivity index (χ2v) is 5.80. The number of nitrogens with one attached hydrogen (secondary N) is 2. The maximum Gasteiger partial charge on any atom is 0.191 e. The standard InChI is InChI=1S/C17H31N5/c1-7-22(8-2)16-10-9-15(11-19-16)12-20-17(18-6)21-14(5)13(3)4/h9-11,13-14H,7-8,12H2,1-6H3,(H2,18,20,21). The molecular formula is C17H31N5. The fourth-order valence-electron chi connectivity index (χ4n) is 2.02. The molecule has 1 unspecified atom stereocenters. The highest BCUT2D eigenvalue weighted by Crippen LogP contribution is 2.10. The molecular weight excluding hydrogens is 274 g/mol. The number of aliphatic imine (C=N–C) groups is 1. The first-order valence-corrected chi connectivity index (χ1v) is 8.18. The van der Waals surface area contributed by atoms with Crippen molar-refractivity contribution in [2.75, 3.05) is 25.0 Å². The average molecular weight is 305 g/mol. The fraction of sp³-hybridized carbons (Fsp3) is 0.647. The summed E-state index contributed by atoms with van der Waals surface area (Å²) in [5.74, 6) is 2.42. The number of pyridine rings is 1. The number of aromatic nitrogens is 1. The maximum atomic E-state index is 4.54. The highest BCUT2D eigenvalue weighted by molar-refractivity contribution is 5.79. The normalized spacial score (nSPS) is 13.1. The molecule has 5 nitrogen and oxygen atoms in total. The molecule has 0 saturated heterocycles. The van der Waals surface area contributed by atoms with Crippen LogP contribution < -0.4 is 15.5 Å². The second kappa shape index (κ2) is 9.28. The van der Waals surface area contributed by atoms with Crippen molar-refractivity contribution in [3.8, 4) is 0 Å². The fourth-order valence-corrected chi connectivity index (χ4v) is 2.02. The molecule has 0 aliphatic heterocycles. The van der Waals surface area contributed by atoms with Crippen LogP contribution >= 0.6 is 0 Å². The van der Waals surface area contributed by atoms with Crippen LogP contribution in [0.15, 0.2) is 23.3 Å². The molecule has 0 amide bonds. The molecule has 0 saturated carbocycles. The van der Waals surface area contributed by atoms with Crippen LogP contribution in [0.2, 0.25) is 0 Å². The van der Waals surface area contributed by atoms with E-state index in [-0.39, 0.29) is 0 Å². The summed E-state index contributed by atoms with van der Waals surface area (Å²) in [7, 11) is 1.80. The topological polar surface area (TPSA) is 52.5 Å². The third-order valence-electron chi connectivity index (χ3n) is 3.94. The molecule has 124 valence electrons. The van der Waals surface area contributed by atoms with Gasteiger partial charge in [-0.1, -0.05) is 19.9 Å². The number of nitrogens with zero attached hydrogens (tertiary/aromatic N) is 3. The van der Waals surface area contributed by atoms with Crippen molar-refractivity contribution < 1.29 is 0 Å². The van der Waals surface area contributed by atoms with Gasteiger partial charge in [-0.3, -0.25) is 4.99 Å². The second-order valence-electron chi connectivity index (χ2n) is 5.80. The molecule has 1 aromatic heterocycles. The monoisotopic (exact) mass is 305 g/mol. The predicted molar refractivity (Wildman–Crippen MR) is 95.4 cm³/mol. The minimum absolute atomic E-state index is 0.384. The zero-order chi connectivity index (χ0) is 16.5. The van der Waals surface area contributed by atoms with Crippen molar-refractivity contribution in [3.63, 3.8) is 0 Å². The summed E-state index contributed by atoms with van der Waals surface area (Å²) in [6, 6.07) is 4.58. The zero-order valence-corrected chi connectivity index (χ0v) is 14.8. The van der Waals surface area contributed by atoms with Crippen molar-refractivity contribution >= 4 is 11.8 Å². The first-order valence-electron chi connectivity index (χ1n) is 8.18. The summed E-state index contributed by atoms with van der Waals surface area (Å²) < 4.78 is 0. The van der Waals surface area contributed by atoms with E-state index in [0.717, 1.165) is 37.0 Å². The lowest BCUT2D eigenvalue weighted by Gasteiger charge is -2.21. The molecule has 2 N–H and O–H groups in total. The van der Waals surface area contributed by atoms with Crippen LogP contribution in [0.25, 0.3) is 0 Å². The Balaban J connectivity index is 2.56. The van der Waals surface area contributed by atoms with E-state index in [9.17, 15) is 0 Å². The Kier molecular flexibility index (Phi) is 7.71. The predicted octanol–water partition coefficient (Wildman–Crippen LogP) is 2.64. The lowest BCUT2D eigenvalue weighted by atomic mass is 10.1. The first kappa shape index (κ1) is 18.3. The van der Waals surface area contributed by atoms with Gasteiger partial charge in [-0.2, -0.15) is 0 Å². The Morgan fingerprint density at radius 2 is 1.91 bits per heavy atom. The lowest BCUT2D eigenvalue weighted by Crippen LogP contribution is -2.43. The minimum atomic E-state index is 0.384. The Hall–Kier alpha value is -1.78. The molecule has 1 rings (SSSR count). The van der Waals surface area contributed by atoms with Crippen LogP contribution in [0.4, 0.5) is 5.82 Å². The molecule has 0 radical (unpaired) electrons. The zero-order valence-electron chi connectivity index (χ0n) is 14.8. The lowest BCUT2D eigenvalue weighted by molar-refractivity contribution is 0.481. The summed E-state index contributed by atoms with van der Waals surface area (Å²) in [6.45, 7) is 13.5. The van der Waals surface area contributed by atoms with Crippen LogP contribution in [0.5, 0.6) is 0 Å². The average Bonchev–Trinajstić information content (AvgIpc) is 2.53. The number of hydrogen-bond donors (Lipinski definition) is 2. The number of hydrogen-bond acceptors (Lipinski definition) is 3. The highest BCUT2D eigenvalue weighted by Gasteiger charge is 2.09. The number of anilines is 1. The molecule has 1 heterocycles. The Labute approximate surface area is 135 Å². The van der Waals surface area contributed by atoms with E-state index < -0.39 is 0 Å². The summed E-state index contributed by atoms with van der Waals surface area (Å²) >= 11 is 0. The van der Waals surface area contributed by atoms with Gasteiger partial charge in [0, 0.05) is 38.9 Å². The largest absolute Gasteiger partial charge is 0.357 e. The van der Waals surface area contributed by atoms with Crippen LogP contribution in [0, 0.1) is 5.92 Å². The first-order chi connectivity index (χ1) is 10.5. The quantitative estimate of drug-likeness (QED) is 0.601. The molecule has 0 spiro atoms. The molecule has 0 bridgehead atoms. The van der Waals surface area contributed by atoms with E-state index in [0.29, 0.717) is 12.0 Å². The smallest absolute Gasteiger partial charge is 0.191 e.